The third-order valence-corrected chi connectivity index (χ3v) is 4.96. The lowest BCUT2D eigenvalue weighted by Gasteiger charge is -2.32. The lowest BCUT2D eigenvalue weighted by atomic mass is 9.99. The molecule has 1 heterocycles. The van der Waals surface area contributed by atoms with Crippen LogP contribution in [0.15, 0.2) is 47.5 Å². The van der Waals surface area contributed by atoms with E-state index in [0.717, 1.165) is 37.0 Å². The molecule has 0 spiro atoms. The number of hydrogen-bond acceptors (Lipinski definition) is 4. The minimum Gasteiger partial charge on any atom is -0.493 e. The zero-order valence-corrected chi connectivity index (χ0v) is 19.9. The lowest BCUT2D eigenvalue weighted by molar-refractivity contribution is 0.0954. The second-order valence-corrected chi connectivity index (χ2v) is 6.74. The Bertz CT molecular complexity index is 874. The molecule has 7 nitrogen and oxygen atoms in total. The number of hydrogen-bond donors (Lipinski definition) is 2. The SMILES string of the molecule is CN=C(NCCNC(=O)c1ccccc1)N1CCc2cc(OC)c(OC)cc2C1.I. The van der Waals surface area contributed by atoms with Crippen LogP contribution in [0.5, 0.6) is 11.5 Å². The molecule has 0 unspecified atom stereocenters. The molecule has 2 aromatic rings. The fourth-order valence-corrected chi connectivity index (χ4v) is 3.44. The first-order valence-corrected chi connectivity index (χ1v) is 9.69. The van der Waals surface area contributed by atoms with Crippen LogP contribution in [0.3, 0.4) is 0 Å². The first-order chi connectivity index (χ1) is 14.2. The van der Waals surface area contributed by atoms with E-state index in [1.807, 2.05) is 24.3 Å². The number of nitrogens with one attached hydrogen (secondary N) is 2. The van der Waals surface area contributed by atoms with Crippen LogP contribution in [0.2, 0.25) is 0 Å². The summed E-state index contributed by atoms with van der Waals surface area (Å²) in [5.41, 5.74) is 3.13. The molecule has 8 heteroatoms. The predicted octanol–water partition coefficient (Wildman–Crippen LogP) is 2.69. The van der Waals surface area contributed by atoms with Crippen molar-refractivity contribution in [3.8, 4) is 11.5 Å². The molecule has 0 fully saturated rings. The molecule has 30 heavy (non-hydrogen) atoms. The number of halogens is 1. The topological polar surface area (TPSA) is 75.2 Å². The van der Waals surface area contributed by atoms with Gasteiger partial charge in [0.2, 0.25) is 0 Å². The first-order valence-electron chi connectivity index (χ1n) is 9.69. The van der Waals surface area contributed by atoms with Gasteiger partial charge in [0.25, 0.3) is 5.91 Å². The van der Waals surface area contributed by atoms with E-state index < -0.39 is 0 Å². The molecule has 0 bridgehead atoms. The fourth-order valence-electron chi connectivity index (χ4n) is 3.44. The van der Waals surface area contributed by atoms with E-state index in [2.05, 4.69) is 26.6 Å². The Morgan fingerprint density at radius 1 is 1.03 bits per heavy atom. The van der Waals surface area contributed by atoms with Crippen molar-refractivity contribution < 1.29 is 14.3 Å². The molecule has 1 amide bonds. The molecular formula is C22H29IN4O3. The molecule has 0 atom stereocenters. The van der Waals surface area contributed by atoms with Crippen LogP contribution < -0.4 is 20.1 Å². The minimum absolute atomic E-state index is 0. The highest BCUT2D eigenvalue weighted by atomic mass is 127. The number of nitrogens with zero attached hydrogens (tertiary/aromatic N) is 2. The molecule has 0 radical (unpaired) electrons. The van der Waals surface area contributed by atoms with Gasteiger partial charge in [0.05, 0.1) is 14.2 Å². The average molecular weight is 524 g/mol. The number of aliphatic imine (C=N–C) groups is 1. The van der Waals surface area contributed by atoms with Crippen molar-refractivity contribution in [2.45, 2.75) is 13.0 Å². The highest BCUT2D eigenvalue weighted by Gasteiger charge is 2.21. The number of carbonyl (C=O) groups is 1. The number of fused-ring (bicyclic) bond motifs is 1. The molecule has 0 saturated heterocycles. The van der Waals surface area contributed by atoms with Crippen molar-refractivity contribution >= 4 is 35.8 Å². The maximum absolute atomic E-state index is 12.1. The van der Waals surface area contributed by atoms with E-state index in [9.17, 15) is 4.79 Å². The molecule has 1 aliphatic heterocycles. The summed E-state index contributed by atoms with van der Waals surface area (Å²) in [6.45, 7) is 2.72. The number of carbonyl (C=O) groups excluding carboxylic acids is 1. The summed E-state index contributed by atoms with van der Waals surface area (Å²) < 4.78 is 10.8. The third kappa shape index (κ3) is 5.78. The van der Waals surface area contributed by atoms with Gasteiger partial charge >= 0.3 is 0 Å². The van der Waals surface area contributed by atoms with Gasteiger partial charge in [0, 0.05) is 38.8 Å². The first kappa shape index (κ1) is 23.8. The summed E-state index contributed by atoms with van der Waals surface area (Å²) in [7, 11) is 5.08. The molecule has 3 rings (SSSR count). The maximum atomic E-state index is 12.1. The summed E-state index contributed by atoms with van der Waals surface area (Å²) in [6.07, 6.45) is 0.904. The van der Waals surface area contributed by atoms with E-state index in [-0.39, 0.29) is 29.9 Å². The smallest absolute Gasteiger partial charge is 0.251 e. The van der Waals surface area contributed by atoms with Crippen LogP contribution in [0, 0.1) is 0 Å². The van der Waals surface area contributed by atoms with Crippen LogP contribution in [-0.4, -0.2) is 57.7 Å². The maximum Gasteiger partial charge on any atom is 0.251 e. The zero-order valence-electron chi connectivity index (χ0n) is 17.6. The highest BCUT2D eigenvalue weighted by molar-refractivity contribution is 14.0. The summed E-state index contributed by atoms with van der Waals surface area (Å²) in [6, 6.07) is 13.3. The summed E-state index contributed by atoms with van der Waals surface area (Å²) >= 11 is 0. The van der Waals surface area contributed by atoms with Crippen molar-refractivity contribution in [2.24, 2.45) is 4.99 Å². The third-order valence-electron chi connectivity index (χ3n) is 4.96. The van der Waals surface area contributed by atoms with Gasteiger partial charge in [0.15, 0.2) is 17.5 Å². The molecule has 0 saturated carbocycles. The highest BCUT2D eigenvalue weighted by Crippen LogP contribution is 2.33. The number of amides is 1. The second kappa shape index (κ2) is 11.6. The molecule has 0 aromatic heterocycles. The Hall–Kier alpha value is -2.49. The Balaban J connectivity index is 0.00000320. The van der Waals surface area contributed by atoms with Gasteiger partial charge in [-0.2, -0.15) is 0 Å². The van der Waals surface area contributed by atoms with Gasteiger partial charge < -0.3 is 25.0 Å². The van der Waals surface area contributed by atoms with Crippen LogP contribution in [0.25, 0.3) is 0 Å². The molecule has 1 aliphatic rings. The van der Waals surface area contributed by atoms with Crippen molar-refractivity contribution in [2.75, 3.05) is 40.9 Å². The molecule has 162 valence electrons. The van der Waals surface area contributed by atoms with E-state index >= 15 is 0 Å². The number of ether oxygens (including phenoxy) is 2. The number of methoxy groups -OCH3 is 2. The molecule has 2 N–H and O–H groups in total. The van der Waals surface area contributed by atoms with Gasteiger partial charge in [-0.05, 0) is 41.8 Å². The van der Waals surface area contributed by atoms with Gasteiger partial charge in [0.1, 0.15) is 0 Å². The predicted molar refractivity (Wildman–Crippen MR) is 129 cm³/mol. The Morgan fingerprint density at radius 2 is 1.67 bits per heavy atom. The van der Waals surface area contributed by atoms with Gasteiger partial charge in [-0.3, -0.25) is 9.79 Å². The van der Waals surface area contributed by atoms with Gasteiger partial charge in [-0.15, -0.1) is 24.0 Å². The standard InChI is InChI=1S/C22H28N4O3.HI/c1-23-22(25-11-10-24-21(27)16-7-5-4-6-8-16)26-12-9-17-13-19(28-2)20(29-3)14-18(17)15-26;/h4-8,13-14H,9-12,15H2,1-3H3,(H,23,25)(H,24,27);1H. The van der Waals surface area contributed by atoms with Crippen molar-refractivity contribution in [1.82, 2.24) is 15.5 Å². The Morgan fingerprint density at radius 3 is 2.30 bits per heavy atom. The molecular weight excluding hydrogens is 495 g/mol. The monoisotopic (exact) mass is 524 g/mol. The van der Waals surface area contributed by atoms with Gasteiger partial charge in [-0.1, -0.05) is 18.2 Å². The largest absolute Gasteiger partial charge is 0.493 e. The number of guanidine groups is 1. The summed E-state index contributed by atoms with van der Waals surface area (Å²) in [4.78, 5) is 18.7. The summed E-state index contributed by atoms with van der Waals surface area (Å²) in [5.74, 6) is 2.24. The van der Waals surface area contributed by atoms with E-state index in [1.54, 1.807) is 33.4 Å². The minimum atomic E-state index is -0.0738. The van der Waals surface area contributed by atoms with Crippen LogP contribution in [-0.2, 0) is 13.0 Å². The van der Waals surface area contributed by atoms with E-state index in [1.165, 1.54) is 11.1 Å². The molecule has 0 aliphatic carbocycles. The quantitative estimate of drug-likeness (QED) is 0.263. The normalized spacial score (nSPS) is 13.0. The average Bonchev–Trinajstić information content (AvgIpc) is 2.78. The second-order valence-electron chi connectivity index (χ2n) is 6.74. The lowest BCUT2D eigenvalue weighted by Crippen LogP contribution is -2.46. The van der Waals surface area contributed by atoms with Crippen molar-refractivity contribution in [1.29, 1.82) is 0 Å². The van der Waals surface area contributed by atoms with Gasteiger partial charge in [-0.25, -0.2) is 0 Å². The van der Waals surface area contributed by atoms with Crippen LogP contribution in [0.4, 0.5) is 0 Å². The zero-order chi connectivity index (χ0) is 20.6. The van der Waals surface area contributed by atoms with E-state index in [0.29, 0.717) is 18.7 Å². The Kier molecular flexibility index (Phi) is 9.22. The van der Waals surface area contributed by atoms with Crippen molar-refractivity contribution in [3.63, 3.8) is 0 Å². The fraction of sp³-hybridized carbons (Fsp3) is 0.364. The van der Waals surface area contributed by atoms with Crippen LogP contribution in [0.1, 0.15) is 21.5 Å². The summed E-state index contributed by atoms with van der Waals surface area (Å²) in [5, 5.41) is 6.25. The van der Waals surface area contributed by atoms with Crippen LogP contribution >= 0.6 is 24.0 Å². The molecule has 2 aromatic carbocycles. The van der Waals surface area contributed by atoms with E-state index in [4.69, 9.17) is 9.47 Å². The number of rotatable bonds is 6. The van der Waals surface area contributed by atoms with Crippen molar-refractivity contribution in [3.05, 3.63) is 59.2 Å². The number of benzene rings is 2. The Labute approximate surface area is 194 Å².